The molecule has 4 rings (SSSR count). The lowest BCUT2D eigenvalue weighted by Gasteiger charge is -2.42. The fourth-order valence-electron chi connectivity index (χ4n) is 4.57. The summed E-state index contributed by atoms with van der Waals surface area (Å²) in [6.45, 7) is 5.60. The van der Waals surface area contributed by atoms with Crippen LogP contribution in [0.2, 0.25) is 0 Å². The van der Waals surface area contributed by atoms with E-state index in [4.69, 9.17) is 9.47 Å². The van der Waals surface area contributed by atoms with Gasteiger partial charge in [0.25, 0.3) is 0 Å². The molecule has 2 saturated heterocycles. The highest BCUT2D eigenvalue weighted by Gasteiger charge is 2.39. The SMILES string of the molecule is Cc1cccc(OCC2(O)COCCN(CC3(O)CCN(c4cccc(F)c4)CC3)C2)c1. The number of anilines is 1. The van der Waals surface area contributed by atoms with E-state index in [-0.39, 0.29) is 19.0 Å². The number of β-amino-alcohol motifs (C(OH)–C–C–N with tert-alkyl or cyclic N) is 2. The standard InChI is InChI=1S/C25H33FN2O4/c1-20-4-2-7-23(14-20)32-19-25(30)17-27(12-13-31-18-25)16-24(29)8-10-28(11-9-24)22-6-3-5-21(26)15-22/h2-7,14-15,29-30H,8-13,16-19H2,1H3. The second-order valence-electron chi connectivity index (χ2n) is 9.28. The Hall–Kier alpha value is -2.19. The van der Waals surface area contributed by atoms with Crippen LogP contribution in [0, 0.1) is 12.7 Å². The van der Waals surface area contributed by atoms with Gasteiger partial charge in [-0.15, -0.1) is 0 Å². The van der Waals surface area contributed by atoms with Crippen molar-refractivity contribution in [2.24, 2.45) is 0 Å². The van der Waals surface area contributed by atoms with Crippen molar-refractivity contribution in [3.05, 3.63) is 59.9 Å². The minimum atomic E-state index is -1.15. The lowest BCUT2D eigenvalue weighted by molar-refractivity contribution is -0.0742. The number of hydrogen-bond acceptors (Lipinski definition) is 6. The fourth-order valence-corrected chi connectivity index (χ4v) is 4.57. The van der Waals surface area contributed by atoms with Crippen molar-refractivity contribution in [3.8, 4) is 5.75 Å². The molecule has 0 bridgehead atoms. The zero-order valence-corrected chi connectivity index (χ0v) is 18.7. The molecule has 0 spiro atoms. The first-order valence-electron chi connectivity index (χ1n) is 11.3. The smallest absolute Gasteiger partial charge is 0.134 e. The van der Waals surface area contributed by atoms with Gasteiger partial charge in [0, 0.05) is 38.4 Å². The third-order valence-corrected chi connectivity index (χ3v) is 6.32. The quantitative estimate of drug-likeness (QED) is 0.714. The van der Waals surface area contributed by atoms with Crippen molar-refractivity contribution < 1.29 is 24.1 Å². The lowest BCUT2D eigenvalue weighted by atomic mass is 9.90. The topological polar surface area (TPSA) is 65.4 Å². The zero-order valence-electron chi connectivity index (χ0n) is 18.7. The van der Waals surface area contributed by atoms with Gasteiger partial charge in [-0.25, -0.2) is 4.39 Å². The molecule has 32 heavy (non-hydrogen) atoms. The molecule has 7 heteroatoms. The lowest BCUT2D eigenvalue weighted by Crippen LogP contribution is -2.55. The number of nitrogens with zero attached hydrogens (tertiary/aromatic N) is 2. The van der Waals surface area contributed by atoms with Gasteiger partial charge in [-0.2, -0.15) is 0 Å². The summed E-state index contributed by atoms with van der Waals surface area (Å²) in [7, 11) is 0. The molecule has 0 amide bonds. The van der Waals surface area contributed by atoms with E-state index in [1.807, 2.05) is 37.3 Å². The van der Waals surface area contributed by atoms with E-state index in [1.165, 1.54) is 12.1 Å². The molecule has 174 valence electrons. The van der Waals surface area contributed by atoms with E-state index in [1.54, 1.807) is 6.07 Å². The van der Waals surface area contributed by atoms with Crippen LogP contribution in [0.25, 0.3) is 0 Å². The molecule has 0 saturated carbocycles. The molecule has 2 aromatic rings. The van der Waals surface area contributed by atoms with Gasteiger partial charge in [0.2, 0.25) is 0 Å². The minimum absolute atomic E-state index is 0.124. The molecular weight excluding hydrogens is 411 g/mol. The third kappa shape index (κ3) is 5.98. The molecule has 1 unspecified atom stereocenters. The van der Waals surface area contributed by atoms with E-state index >= 15 is 0 Å². The Morgan fingerprint density at radius 2 is 1.81 bits per heavy atom. The van der Waals surface area contributed by atoms with Gasteiger partial charge in [0.1, 0.15) is 23.8 Å². The van der Waals surface area contributed by atoms with Crippen LogP contribution in [0.5, 0.6) is 5.75 Å². The Morgan fingerprint density at radius 3 is 2.56 bits per heavy atom. The summed E-state index contributed by atoms with van der Waals surface area (Å²) >= 11 is 0. The van der Waals surface area contributed by atoms with Crippen molar-refractivity contribution in [1.82, 2.24) is 4.90 Å². The Labute approximate surface area is 189 Å². The highest BCUT2D eigenvalue weighted by atomic mass is 19.1. The normalized spacial score (nSPS) is 24.2. The third-order valence-electron chi connectivity index (χ3n) is 6.32. The summed E-state index contributed by atoms with van der Waals surface area (Å²) in [6, 6.07) is 14.3. The second-order valence-corrected chi connectivity index (χ2v) is 9.28. The van der Waals surface area contributed by atoms with Crippen molar-refractivity contribution >= 4 is 5.69 Å². The molecule has 2 N–H and O–H groups in total. The number of aryl methyl sites for hydroxylation is 1. The maximum Gasteiger partial charge on any atom is 0.134 e. The predicted octanol–water partition coefficient (Wildman–Crippen LogP) is 2.61. The van der Waals surface area contributed by atoms with Crippen LogP contribution in [0.1, 0.15) is 18.4 Å². The first-order valence-corrected chi connectivity index (χ1v) is 11.3. The van der Waals surface area contributed by atoms with E-state index in [2.05, 4.69) is 9.80 Å². The summed E-state index contributed by atoms with van der Waals surface area (Å²) in [5.41, 5.74) is -0.0661. The number of piperidine rings is 1. The van der Waals surface area contributed by atoms with Gasteiger partial charge < -0.3 is 24.6 Å². The number of ether oxygens (including phenoxy) is 2. The van der Waals surface area contributed by atoms with E-state index in [9.17, 15) is 14.6 Å². The summed E-state index contributed by atoms with van der Waals surface area (Å²) in [5, 5.41) is 22.4. The Morgan fingerprint density at radius 1 is 1.03 bits per heavy atom. The van der Waals surface area contributed by atoms with Crippen molar-refractivity contribution in [2.45, 2.75) is 31.0 Å². The van der Waals surface area contributed by atoms with Crippen LogP contribution in [0.15, 0.2) is 48.5 Å². The van der Waals surface area contributed by atoms with Crippen LogP contribution in [0.3, 0.4) is 0 Å². The van der Waals surface area contributed by atoms with Gasteiger partial charge in [-0.05, 0) is 55.7 Å². The number of benzene rings is 2. The number of hydrogen-bond donors (Lipinski definition) is 2. The predicted molar refractivity (Wildman–Crippen MR) is 122 cm³/mol. The van der Waals surface area contributed by atoms with Crippen LogP contribution in [-0.2, 0) is 4.74 Å². The molecule has 0 aliphatic carbocycles. The Bertz CT molecular complexity index is 903. The summed E-state index contributed by atoms with van der Waals surface area (Å²) in [5.74, 6) is 0.470. The highest BCUT2D eigenvalue weighted by Crippen LogP contribution is 2.28. The second kappa shape index (κ2) is 9.75. The molecular formula is C25H33FN2O4. The Balaban J connectivity index is 1.33. The molecule has 2 aromatic carbocycles. The molecule has 1 atom stereocenters. The molecule has 0 aromatic heterocycles. The highest BCUT2D eigenvalue weighted by molar-refractivity contribution is 5.47. The van der Waals surface area contributed by atoms with E-state index < -0.39 is 11.2 Å². The average Bonchev–Trinajstić information content (AvgIpc) is 2.94. The van der Waals surface area contributed by atoms with Gasteiger partial charge in [0.05, 0.1) is 18.8 Å². The summed E-state index contributed by atoms with van der Waals surface area (Å²) < 4.78 is 25.1. The zero-order chi connectivity index (χ0) is 22.6. The van der Waals surface area contributed by atoms with Crippen LogP contribution >= 0.6 is 0 Å². The van der Waals surface area contributed by atoms with E-state index in [0.717, 1.165) is 17.0 Å². The maximum absolute atomic E-state index is 13.6. The Kier molecular flexibility index (Phi) is 7.00. The molecule has 6 nitrogen and oxygen atoms in total. The monoisotopic (exact) mass is 444 g/mol. The number of rotatable bonds is 6. The summed E-state index contributed by atoms with van der Waals surface area (Å²) in [4.78, 5) is 4.18. The van der Waals surface area contributed by atoms with Crippen molar-refractivity contribution in [1.29, 1.82) is 0 Å². The first-order chi connectivity index (χ1) is 15.3. The molecule has 2 heterocycles. The largest absolute Gasteiger partial charge is 0.490 e. The molecule has 0 radical (unpaired) electrons. The van der Waals surface area contributed by atoms with Crippen LogP contribution in [-0.4, -0.2) is 78.9 Å². The van der Waals surface area contributed by atoms with Crippen molar-refractivity contribution in [2.75, 3.05) is 57.4 Å². The maximum atomic E-state index is 13.6. The van der Waals surface area contributed by atoms with Crippen LogP contribution < -0.4 is 9.64 Å². The molecule has 2 aliphatic heterocycles. The van der Waals surface area contributed by atoms with Gasteiger partial charge >= 0.3 is 0 Å². The van der Waals surface area contributed by atoms with E-state index in [0.29, 0.717) is 52.2 Å². The fraction of sp³-hybridized carbons (Fsp3) is 0.520. The van der Waals surface area contributed by atoms with Gasteiger partial charge in [-0.1, -0.05) is 18.2 Å². The summed E-state index contributed by atoms with van der Waals surface area (Å²) in [6.07, 6.45) is 1.16. The first kappa shape index (κ1) is 23.0. The minimum Gasteiger partial charge on any atom is -0.490 e. The van der Waals surface area contributed by atoms with Crippen LogP contribution in [0.4, 0.5) is 10.1 Å². The average molecular weight is 445 g/mol. The molecule has 2 fully saturated rings. The number of aliphatic hydroxyl groups is 2. The van der Waals surface area contributed by atoms with Crippen molar-refractivity contribution in [3.63, 3.8) is 0 Å². The number of halogens is 1. The molecule has 2 aliphatic rings. The van der Waals surface area contributed by atoms with Gasteiger partial charge in [-0.3, -0.25) is 4.90 Å². The van der Waals surface area contributed by atoms with Gasteiger partial charge in [0.15, 0.2) is 0 Å².